The molecular formula is C25H22N3+. The van der Waals surface area contributed by atoms with E-state index in [1.807, 2.05) is 6.08 Å². The number of rotatable bonds is 1. The number of hydrogen-bond donors (Lipinski definition) is 0. The van der Waals surface area contributed by atoms with Crippen LogP contribution in [-0.2, 0) is 13.5 Å². The van der Waals surface area contributed by atoms with E-state index < -0.39 is 0 Å². The highest BCUT2D eigenvalue weighted by Gasteiger charge is 2.14. The van der Waals surface area contributed by atoms with Gasteiger partial charge in [0.25, 0.3) is 0 Å². The van der Waals surface area contributed by atoms with Gasteiger partial charge >= 0.3 is 0 Å². The Morgan fingerprint density at radius 2 is 1.96 bits per heavy atom. The second-order valence-electron chi connectivity index (χ2n) is 7.64. The monoisotopic (exact) mass is 364 g/mol. The standard InChI is InChI=1S/C25H22N3/c1-27-15-5-7-18-16-19(11-12-22(18)27)25-21-9-3-8-20-17(6-4-14-26)10-13-23(24(20)21)28(25)2/h3-4,6,8-13,16H,5,7,15H2,1-2H3/q+1/b6-4+. The van der Waals surface area contributed by atoms with E-state index in [4.69, 9.17) is 5.26 Å². The summed E-state index contributed by atoms with van der Waals surface area (Å²) in [4.78, 5) is 0. The van der Waals surface area contributed by atoms with Crippen molar-refractivity contribution in [3.8, 4) is 6.07 Å². The van der Waals surface area contributed by atoms with Crippen molar-refractivity contribution in [3.05, 3.63) is 81.7 Å². The first-order valence-electron chi connectivity index (χ1n) is 9.76. The van der Waals surface area contributed by atoms with Crippen molar-refractivity contribution in [3.63, 3.8) is 0 Å². The number of allylic oxidation sites excluding steroid dienone is 1. The molecule has 28 heavy (non-hydrogen) atoms. The van der Waals surface area contributed by atoms with Crippen molar-refractivity contribution >= 4 is 27.8 Å². The van der Waals surface area contributed by atoms with Crippen LogP contribution >= 0.6 is 0 Å². The summed E-state index contributed by atoms with van der Waals surface area (Å²) in [6.07, 6.45) is 5.80. The summed E-state index contributed by atoms with van der Waals surface area (Å²) in [5.41, 5.74) is 3.75. The fourth-order valence-electron chi connectivity index (χ4n) is 4.74. The SMILES string of the molecule is Cn1c(=c2ccc3c(c2)CCC[N+]=3C)c2cccc3c(/C=C/C#N)ccc1c32. The Morgan fingerprint density at radius 3 is 2.82 bits per heavy atom. The van der Waals surface area contributed by atoms with Crippen LogP contribution in [-0.4, -0.2) is 18.2 Å². The summed E-state index contributed by atoms with van der Waals surface area (Å²) in [7, 11) is 4.33. The maximum Gasteiger partial charge on any atom is 0.202 e. The Bertz CT molecular complexity index is 1460. The van der Waals surface area contributed by atoms with Crippen LogP contribution in [0.1, 0.15) is 17.5 Å². The Balaban J connectivity index is 1.96. The number of nitriles is 1. The van der Waals surface area contributed by atoms with Gasteiger partial charge in [-0.25, -0.2) is 4.58 Å². The molecule has 0 fully saturated rings. The lowest BCUT2D eigenvalue weighted by molar-refractivity contribution is 0.588. The molecule has 0 unspecified atom stereocenters. The topological polar surface area (TPSA) is 31.7 Å². The number of fused-ring (bicyclic) bond motifs is 1. The molecule has 3 aromatic carbocycles. The Morgan fingerprint density at radius 1 is 1.11 bits per heavy atom. The molecule has 136 valence electrons. The van der Waals surface area contributed by atoms with Gasteiger partial charge in [0.1, 0.15) is 13.6 Å². The molecule has 2 heterocycles. The minimum Gasteiger partial charge on any atom is -0.343 e. The number of aryl methyl sites for hydroxylation is 2. The van der Waals surface area contributed by atoms with Crippen molar-refractivity contribution in [2.24, 2.45) is 7.05 Å². The largest absolute Gasteiger partial charge is 0.343 e. The van der Waals surface area contributed by atoms with Gasteiger partial charge < -0.3 is 4.57 Å². The maximum absolute atomic E-state index is 8.92. The van der Waals surface area contributed by atoms with Crippen LogP contribution in [0.2, 0.25) is 0 Å². The molecule has 4 aromatic rings. The molecule has 0 bridgehead atoms. The fourth-order valence-corrected chi connectivity index (χ4v) is 4.74. The Labute approximate surface area is 163 Å². The number of nitrogens with zero attached hydrogens (tertiary/aromatic N) is 3. The van der Waals surface area contributed by atoms with Crippen LogP contribution in [0.25, 0.3) is 27.8 Å². The molecule has 0 spiro atoms. The van der Waals surface area contributed by atoms with Crippen LogP contribution in [0.4, 0.5) is 0 Å². The van der Waals surface area contributed by atoms with Crippen LogP contribution in [0.3, 0.4) is 0 Å². The smallest absolute Gasteiger partial charge is 0.202 e. The minimum atomic E-state index is 1.09. The third kappa shape index (κ3) is 2.38. The highest BCUT2D eigenvalue weighted by atomic mass is 15.0. The van der Waals surface area contributed by atoms with Crippen molar-refractivity contribution in [1.29, 1.82) is 5.26 Å². The van der Waals surface area contributed by atoms with Crippen LogP contribution in [0.5, 0.6) is 0 Å². The second kappa shape index (κ2) is 6.35. The van der Waals surface area contributed by atoms with E-state index in [2.05, 4.69) is 77.8 Å². The molecule has 3 heteroatoms. The summed E-state index contributed by atoms with van der Waals surface area (Å²) in [5.74, 6) is 0. The molecule has 0 radical (unpaired) electrons. The van der Waals surface area contributed by atoms with E-state index in [9.17, 15) is 0 Å². The van der Waals surface area contributed by atoms with Crippen LogP contribution < -0.4 is 9.93 Å². The van der Waals surface area contributed by atoms with Gasteiger partial charge in [0.15, 0.2) is 0 Å². The highest BCUT2D eigenvalue weighted by molar-refractivity contribution is 6.12. The minimum absolute atomic E-state index is 1.09. The lowest BCUT2D eigenvalue weighted by Crippen LogP contribution is -2.34. The average Bonchev–Trinajstić information content (AvgIpc) is 3.00. The first kappa shape index (κ1) is 16.8. The van der Waals surface area contributed by atoms with Crippen molar-refractivity contribution in [1.82, 2.24) is 9.14 Å². The zero-order valence-corrected chi connectivity index (χ0v) is 16.2. The predicted molar refractivity (Wildman–Crippen MR) is 115 cm³/mol. The summed E-state index contributed by atoms with van der Waals surface area (Å²) < 4.78 is 4.67. The molecule has 3 nitrogen and oxygen atoms in total. The molecule has 5 rings (SSSR count). The molecule has 0 atom stereocenters. The van der Waals surface area contributed by atoms with Crippen LogP contribution in [0.15, 0.2) is 54.6 Å². The maximum atomic E-state index is 8.92. The average molecular weight is 364 g/mol. The molecule has 0 saturated carbocycles. The van der Waals surface area contributed by atoms with Gasteiger partial charge in [0.05, 0.1) is 11.4 Å². The quantitative estimate of drug-likeness (QED) is 0.372. The van der Waals surface area contributed by atoms with Gasteiger partial charge in [-0.05, 0) is 46.9 Å². The molecular weight excluding hydrogens is 342 g/mol. The summed E-state index contributed by atoms with van der Waals surface area (Å²) in [6, 6.07) is 19.8. The van der Waals surface area contributed by atoms with Crippen LogP contribution in [0, 0.1) is 21.9 Å². The third-order valence-corrected chi connectivity index (χ3v) is 6.05. The first-order chi connectivity index (χ1) is 13.7. The third-order valence-electron chi connectivity index (χ3n) is 6.05. The van der Waals surface area contributed by atoms with Gasteiger partial charge in [-0.1, -0.05) is 24.3 Å². The predicted octanol–water partition coefficient (Wildman–Crippen LogP) is 3.94. The van der Waals surface area contributed by atoms with E-state index in [0.717, 1.165) is 18.5 Å². The summed E-state index contributed by atoms with van der Waals surface area (Å²) in [6.45, 7) is 1.13. The summed E-state index contributed by atoms with van der Waals surface area (Å²) >= 11 is 0. The zero-order valence-electron chi connectivity index (χ0n) is 16.2. The lowest BCUT2D eigenvalue weighted by Gasteiger charge is -2.08. The van der Waals surface area contributed by atoms with Crippen molar-refractivity contribution in [2.45, 2.75) is 12.8 Å². The molecule has 0 amide bonds. The van der Waals surface area contributed by atoms with Gasteiger partial charge in [0, 0.05) is 47.5 Å². The van der Waals surface area contributed by atoms with E-state index in [-0.39, 0.29) is 0 Å². The molecule has 1 aliphatic heterocycles. The van der Waals surface area contributed by atoms with E-state index >= 15 is 0 Å². The fraction of sp³-hybridized carbons (Fsp3) is 0.200. The van der Waals surface area contributed by atoms with E-state index in [1.165, 1.54) is 49.6 Å². The molecule has 0 aliphatic carbocycles. The normalized spacial score (nSPS) is 15.4. The highest BCUT2D eigenvalue weighted by Crippen LogP contribution is 2.32. The van der Waals surface area contributed by atoms with Gasteiger partial charge in [0.2, 0.25) is 5.36 Å². The molecule has 1 aliphatic rings. The first-order valence-corrected chi connectivity index (χ1v) is 9.76. The zero-order chi connectivity index (χ0) is 19.3. The second-order valence-corrected chi connectivity index (χ2v) is 7.64. The number of aromatic nitrogens is 1. The molecule has 0 N–H and O–H groups in total. The molecule has 0 saturated heterocycles. The van der Waals surface area contributed by atoms with Gasteiger partial charge in [-0.2, -0.15) is 5.26 Å². The Hall–Kier alpha value is -3.38. The summed E-state index contributed by atoms with van der Waals surface area (Å²) in [5, 5.41) is 16.5. The molecule has 1 aromatic heterocycles. The van der Waals surface area contributed by atoms with Gasteiger partial charge in [-0.15, -0.1) is 0 Å². The Kier molecular flexibility index (Phi) is 3.80. The lowest BCUT2D eigenvalue weighted by atomic mass is 10.0. The number of hydrogen-bond acceptors (Lipinski definition) is 1. The van der Waals surface area contributed by atoms with Crippen molar-refractivity contribution < 1.29 is 0 Å². The van der Waals surface area contributed by atoms with Gasteiger partial charge in [-0.3, -0.25) is 0 Å². The van der Waals surface area contributed by atoms with Crippen molar-refractivity contribution in [2.75, 3.05) is 13.6 Å². The number of benzene rings is 3. The van der Waals surface area contributed by atoms with E-state index in [1.54, 1.807) is 6.08 Å². The van der Waals surface area contributed by atoms with E-state index in [0.29, 0.717) is 0 Å².